The molecule has 1 saturated heterocycles. The minimum atomic E-state index is 0.0551. The fourth-order valence-electron chi connectivity index (χ4n) is 3.16. The highest BCUT2D eigenvalue weighted by Crippen LogP contribution is 2.29. The number of hydrogen-bond donors (Lipinski definition) is 2. The minimum absolute atomic E-state index is 0.0551. The highest BCUT2D eigenvalue weighted by Gasteiger charge is 2.34. The van der Waals surface area contributed by atoms with Crippen molar-refractivity contribution in [2.24, 2.45) is 0 Å². The molecule has 4 nitrogen and oxygen atoms in total. The lowest BCUT2D eigenvalue weighted by Gasteiger charge is -2.18. The van der Waals surface area contributed by atoms with Gasteiger partial charge in [-0.15, -0.1) is 0 Å². The standard InChI is InChI=1S/C13H23N3O/c17-13(14-10-3-1-2-4-10)15-11-7-8-16(9-11)12-5-6-12/h10-12H,1-9H2,(H2,14,15,17). The van der Waals surface area contributed by atoms with Crippen LogP contribution in [0.15, 0.2) is 0 Å². The minimum Gasteiger partial charge on any atom is -0.335 e. The van der Waals surface area contributed by atoms with E-state index in [1.165, 1.54) is 32.2 Å². The van der Waals surface area contributed by atoms with E-state index in [1.54, 1.807) is 0 Å². The number of nitrogens with zero attached hydrogens (tertiary/aromatic N) is 1. The summed E-state index contributed by atoms with van der Waals surface area (Å²) in [4.78, 5) is 14.3. The summed E-state index contributed by atoms with van der Waals surface area (Å²) in [6.45, 7) is 2.22. The van der Waals surface area contributed by atoms with Gasteiger partial charge >= 0.3 is 6.03 Å². The molecule has 1 heterocycles. The van der Waals surface area contributed by atoms with E-state index in [2.05, 4.69) is 15.5 Å². The quantitative estimate of drug-likeness (QED) is 0.780. The zero-order valence-corrected chi connectivity index (χ0v) is 10.5. The van der Waals surface area contributed by atoms with E-state index in [0.717, 1.165) is 31.8 Å². The maximum Gasteiger partial charge on any atom is 0.315 e. The number of hydrogen-bond acceptors (Lipinski definition) is 2. The summed E-state index contributed by atoms with van der Waals surface area (Å²) in [5, 5.41) is 6.22. The van der Waals surface area contributed by atoms with Crippen LogP contribution in [0.25, 0.3) is 0 Å². The SMILES string of the molecule is O=C(NC1CCCC1)NC1CCN(C2CC2)C1. The van der Waals surface area contributed by atoms with Gasteiger partial charge in [0.25, 0.3) is 0 Å². The van der Waals surface area contributed by atoms with Crippen LogP contribution in [0.3, 0.4) is 0 Å². The van der Waals surface area contributed by atoms with Crippen molar-refractivity contribution in [1.82, 2.24) is 15.5 Å². The van der Waals surface area contributed by atoms with Gasteiger partial charge in [0.1, 0.15) is 0 Å². The summed E-state index contributed by atoms with van der Waals surface area (Å²) in [5.41, 5.74) is 0. The lowest BCUT2D eigenvalue weighted by atomic mass is 10.2. The van der Waals surface area contributed by atoms with Crippen molar-refractivity contribution in [3.8, 4) is 0 Å². The molecule has 3 rings (SSSR count). The molecule has 96 valence electrons. The molecule has 4 heteroatoms. The number of amides is 2. The van der Waals surface area contributed by atoms with E-state index in [1.807, 2.05) is 0 Å². The summed E-state index contributed by atoms with van der Waals surface area (Å²) in [7, 11) is 0. The molecule has 1 unspecified atom stereocenters. The average molecular weight is 237 g/mol. The molecule has 0 aromatic carbocycles. The third-order valence-corrected chi connectivity index (χ3v) is 4.31. The molecule has 3 aliphatic rings. The zero-order chi connectivity index (χ0) is 11.7. The maximum atomic E-state index is 11.8. The molecule has 1 aliphatic heterocycles. The van der Waals surface area contributed by atoms with E-state index in [0.29, 0.717) is 12.1 Å². The van der Waals surface area contributed by atoms with Gasteiger partial charge in [0.15, 0.2) is 0 Å². The van der Waals surface area contributed by atoms with Crippen molar-refractivity contribution in [2.45, 2.75) is 63.1 Å². The molecule has 2 N–H and O–H groups in total. The van der Waals surface area contributed by atoms with Gasteiger partial charge < -0.3 is 10.6 Å². The first-order valence-electron chi connectivity index (χ1n) is 7.12. The first-order chi connectivity index (χ1) is 8.31. The lowest BCUT2D eigenvalue weighted by Crippen LogP contribution is -2.46. The molecule has 17 heavy (non-hydrogen) atoms. The van der Waals surface area contributed by atoms with Crippen LogP contribution in [0.2, 0.25) is 0 Å². The second-order valence-electron chi connectivity index (χ2n) is 5.81. The van der Waals surface area contributed by atoms with E-state index in [-0.39, 0.29) is 6.03 Å². The van der Waals surface area contributed by atoms with Gasteiger partial charge in [-0.2, -0.15) is 0 Å². The fourth-order valence-corrected chi connectivity index (χ4v) is 3.16. The van der Waals surface area contributed by atoms with Gasteiger partial charge in [-0.05, 0) is 32.1 Å². The van der Waals surface area contributed by atoms with Crippen molar-refractivity contribution in [3.63, 3.8) is 0 Å². The van der Waals surface area contributed by atoms with Crippen molar-refractivity contribution in [1.29, 1.82) is 0 Å². The molecule has 0 spiro atoms. The Kier molecular flexibility index (Phi) is 3.23. The topological polar surface area (TPSA) is 44.4 Å². The smallest absolute Gasteiger partial charge is 0.315 e. The Bertz CT molecular complexity index is 284. The van der Waals surface area contributed by atoms with Gasteiger partial charge in [0.2, 0.25) is 0 Å². The monoisotopic (exact) mass is 237 g/mol. The van der Waals surface area contributed by atoms with Gasteiger partial charge in [0, 0.05) is 31.2 Å². The van der Waals surface area contributed by atoms with E-state index >= 15 is 0 Å². The number of likely N-dealkylation sites (tertiary alicyclic amines) is 1. The summed E-state index contributed by atoms with van der Waals surface area (Å²) in [6, 6.07) is 1.69. The number of carbonyl (C=O) groups is 1. The molecule has 0 aromatic rings. The Morgan fingerprint density at radius 3 is 2.35 bits per heavy atom. The van der Waals surface area contributed by atoms with Crippen LogP contribution < -0.4 is 10.6 Å². The van der Waals surface area contributed by atoms with Gasteiger partial charge in [-0.25, -0.2) is 4.79 Å². The Hall–Kier alpha value is -0.770. The number of rotatable bonds is 3. The molecule has 3 fully saturated rings. The molecule has 1 atom stereocenters. The molecule has 0 radical (unpaired) electrons. The summed E-state index contributed by atoms with van der Waals surface area (Å²) in [6.07, 6.45) is 8.70. The fraction of sp³-hybridized carbons (Fsp3) is 0.923. The predicted octanol–water partition coefficient (Wildman–Crippen LogP) is 1.46. The summed E-state index contributed by atoms with van der Waals surface area (Å²) >= 11 is 0. The maximum absolute atomic E-state index is 11.8. The van der Waals surface area contributed by atoms with Crippen LogP contribution in [0.1, 0.15) is 44.9 Å². The summed E-state index contributed by atoms with van der Waals surface area (Å²) in [5.74, 6) is 0. The zero-order valence-electron chi connectivity index (χ0n) is 10.5. The number of urea groups is 1. The average Bonchev–Trinajstić information content (AvgIpc) is 2.84. The molecule has 2 saturated carbocycles. The van der Waals surface area contributed by atoms with Gasteiger partial charge in [-0.3, -0.25) is 4.90 Å². The Labute approximate surface area is 103 Å². The number of nitrogens with one attached hydrogen (secondary N) is 2. The van der Waals surface area contributed by atoms with E-state index in [9.17, 15) is 4.79 Å². The second kappa shape index (κ2) is 4.84. The van der Waals surface area contributed by atoms with E-state index in [4.69, 9.17) is 0 Å². The number of carbonyl (C=O) groups excluding carboxylic acids is 1. The van der Waals surface area contributed by atoms with Crippen LogP contribution in [0.5, 0.6) is 0 Å². The highest BCUT2D eigenvalue weighted by atomic mass is 16.2. The van der Waals surface area contributed by atoms with Crippen molar-refractivity contribution in [2.75, 3.05) is 13.1 Å². The van der Waals surface area contributed by atoms with Gasteiger partial charge in [-0.1, -0.05) is 12.8 Å². The van der Waals surface area contributed by atoms with Crippen molar-refractivity contribution < 1.29 is 4.79 Å². The third kappa shape index (κ3) is 2.92. The third-order valence-electron chi connectivity index (χ3n) is 4.31. The van der Waals surface area contributed by atoms with Crippen LogP contribution >= 0.6 is 0 Å². The second-order valence-corrected chi connectivity index (χ2v) is 5.81. The molecule has 0 bridgehead atoms. The molecular weight excluding hydrogens is 214 g/mol. The van der Waals surface area contributed by atoms with Crippen LogP contribution in [0, 0.1) is 0 Å². The first kappa shape index (κ1) is 11.3. The molecule has 2 aliphatic carbocycles. The van der Waals surface area contributed by atoms with E-state index < -0.39 is 0 Å². The predicted molar refractivity (Wildman–Crippen MR) is 66.9 cm³/mol. The highest BCUT2D eigenvalue weighted by molar-refractivity contribution is 5.74. The Morgan fingerprint density at radius 1 is 0.941 bits per heavy atom. The molecule has 0 aromatic heterocycles. The van der Waals surface area contributed by atoms with Crippen LogP contribution in [-0.4, -0.2) is 42.1 Å². The normalized spacial score (nSPS) is 30.7. The summed E-state index contributed by atoms with van der Waals surface area (Å²) < 4.78 is 0. The van der Waals surface area contributed by atoms with Crippen molar-refractivity contribution >= 4 is 6.03 Å². The Morgan fingerprint density at radius 2 is 1.65 bits per heavy atom. The van der Waals surface area contributed by atoms with Crippen molar-refractivity contribution in [3.05, 3.63) is 0 Å². The first-order valence-corrected chi connectivity index (χ1v) is 7.12. The lowest BCUT2D eigenvalue weighted by molar-refractivity contribution is 0.232. The largest absolute Gasteiger partial charge is 0.335 e. The molecular formula is C13H23N3O. The Balaban J connectivity index is 1.39. The molecule has 2 amide bonds. The van der Waals surface area contributed by atoms with Crippen LogP contribution in [0.4, 0.5) is 4.79 Å². The van der Waals surface area contributed by atoms with Crippen LogP contribution in [-0.2, 0) is 0 Å². The van der Waals surface area contributed by atoms with Gasteiger partial charge in [0.05, 0.1) is 0 Å².